The lowest BCUT2D eigenvalue weighted by molar-refractivity contribution is -0.269. The summed E-state index contributed by atoms with van der Waals surface area (Å²) in [5.41, 5.74) is -3.47. The number of fused-ring (bicyclic) bond motifs is 1. The Kier molecular flexibility index (Phi) is 6.63. The summed E-state index contributed by atoms with van der Waals surface area (Å²) >= 11 is 0. The van der Waals surface area contributed by atoms with Gasteiger partial charge < -0.3 is 0 Å². The molecule has 1 aromatic heterocycles. The zero-order valence-corrected chi connectivity index (χ0v) is 16.9. The molecule has 0 saturated carbocycles. The molecule has 6 nitrogen and oxygen atoms in total. The molecule has 0 aliphatic carbocycles. The summed E-state index contributed by atoms with van der Waals surface area (Å²) in [6.45, 7) is 0.600. The van der Waals surface area contributed by atoms with Crippen LogP contribution < -0.4 is 10.3 Å². The molecule has 0 saturated heterocycles. The molecule has 1 aromatic carbocycles. The van der Waals surface area contributed by atoms with Crippen LogP contribution in [-0.4, -0.2) is 40.7 Å². The third-order valence-corrected chi connectivity index (χ3v) is 5.02. The number of nitrogens with one attached hydrogen (secondary N) is 1. The molecule has 3 rings (SSSR count). The molecule has 2 heterocycles. The highest BCUT2D eigenvalue weighted by Gasteiger charge is 2.65. The van der Waals surface area contributed by atoms with Crippen molar-refractivity contribution in [1.29, 1.82) is 0 Å². The van der Waals surface area contributed by atoms with Crippen LogP contribution in [0.2, 0.25) is 0 Å². The van der Waals surface area contributed by atoms with Crippen LogP contribution in [0.3, 0.4) is 0 Å². The number of hydrazine groups is 1. The number of anilines is 1. The summed E-state index contributed by atoms with van der Waals surface area (Å²) in [5.74, 6) is -0.805. The second-order valence-electron chi connectivity index (χ2n) is 7.21. The topological polar surface area (TPSA) is 65.5 Å². The Labute approximate surface area is 183 Å². The van der Waals surface area contributed by atoms with E-state index in [1.54, 1.807) is 12.1 Å². The van der Waals surface area contributed by atoms with Crippen molar-refractivity contribution in [3.8, 4) is 0 Å². The molecule has 2 unspecified atom stereocenters. The van der Waals surface area contributed by atoms with E-state index in [-0.39, 0.29) is 17.8 Å². The lowest BCUT2D eigenvalue weighted by atomic mass is 9.88. The van der Waals surface area contributed by atoms with E-state index in [0.717, 1.165) is 18.0 Å². The SMILES string of the molecule is CC(=O)N1C(=O)N(NCc2cccnc2)Cc2cc(C(F)(C(F)C(F)F)C(F)(F)F)ccc21. The number of carbonyl (C=O) groups excluding carboxylic acids is 2. The first-order valence-electron chi connectivity index (χ1n) is 9.43. The molecule has 1 N–H and O–H groups in total. The molecule has 0 spiro atoms. The standard InChI is InChI=1S/C20H17F7N4O2/c1-11(32)31-15-5-4-14(19(24,20(25,26)27)16(21)17(22)23)7-13(15)10-30(18(31)33)29-9-12-3-2-6-28-8-12/h2-8,16-17,29H,9-10H2,1H3. The molecular formula is C20H17F7N4O2. The molecule has 2 aromatic rings. The van der Waals surface area contributed by atoms with Crippen molar-refractivity contribution in [2.45, 2.75) is 44.5 Å². The van der Waals surface area contributed by atoms with Gasteiger partial charge in [-0.05, 0) is 29.3 Å². The molecule has 3 amide bonds. The van der Waals surface area contributed by atoms with Gasteiger partial charge in [0.15, 0.2) is 0 Å². The fourth-order valence-electron chi connectivity index (χ4n) is 3.39. The predicted molar refractivity (Wildman–Crippen MR) is 101 cm³/mol. The maximum absolute atomic E-state index is 14.9. The first kappa shape index (κ1) is 24.4. The smallest absolute Gasteiger partial charge is 0.274 e. The molecule has 13 heteroatoms. The lowest BCUT2D eigenvalue weighted by Gasteiger charge is -2.37. The lowest BCUT2D eigenvalue weighted by Crippen LogP contribution is -2.54. The van der Waals surface area contributed by atoms with E-state index in [4.69, 9.17) is 0 Å². The van der Waals surface area contributed by atoms with Gasteiger partial charge in [0.05, 0.1) is 12.2 Å². The van der Waals surface area contributed by atoms with Gasteiger partial charge in [0.2, 0.25) is 12.1 Å². The highest BCUT2D eigenvalue weighted by Crippen LogP contribution is 2.49. The Morgan fingerprint density at radius 2 is 1.88 bits per heavy atom. The highest BCUT2D eigenvalue weighted by atomic mass is 19.4. The molecule has 1 aliphatic heterocycles. The molecule has 33 heavy (non-hydrogen) atoms. The van der Waals surface area contributed by atoms with Crippen molar-refractivity contribution in [2.75, 3.05) is 4.90 Å². The summed E-state index contributed by atoms with van der Waals surface area (Å²) in [6, 6.07) is 4.16. The molecule has 0 fully saturated rings. The first-order chi connectivity index (χ1) is 15.4. The van der Waals surface area contributed by atoms with Crippen molar-refractivity contribution < 1.29 is 40.3 Å². The van der Waals surface area contributed by atoms with Gasteiger partial charge in [-0.25, -0.2) is 32.7 Å². The minimum Gasteiger partial charge on any atom is -0.274 e. The quantitative estimate of drug-likeness (QED) is 0.625. The van der Waals surface area contributed by atoms with Crippen LogP contribution in [0.1, 0.15) is 23.6 Å². The molecule has 1 aliphatic rings. The van der Waals surface area contributed by atoms with Gasteiger partial charge >= 0.3 is 12.2 Å². The third-order valence-electron chi connectivity index (χ3n) is 5.02. The molecular weight excluding hydrogens is 461 g/mol. The van der Waals surface area contributed by atoms with Gasteiger partial charge in [-0.1, -0.05) is 12.1 Å². The van der Waals surface area contributed by atoms with Crippen molar-refractivity contribution in [3.63, 3.8) is 0 Å². The molecule has 0 radical (unpaired) electrons. The Morgan fingerprint density at radius 3 is 2.42 bits per heavy atom. The van der Waals surface area contributed by atoms with Crippen LogP contribution in [-0.2, 0) is 23.6 Å². The van der Waals surface area contributed by atoms with Gasteiger partial charge in [0.1, 0.15) is 0 Å². The maximum Gasteiger partial charge on any atom is 0.429 e. The van der Waals surface area contributed by atoms with Gasteiger partial charge in [-0.3, -0.25) is 14.8 Å². The minimum absolute atomic E-state index is 0.0356. The van der Waals surface area contributed by atoms with E-state index in [9.17, 15) is 40.3 Å². The van der Waals surface area contributed by atoms with E-state index in [2.05, 4.69) is 10.4 Å². The summed E-state index contributed by atoms with van der Waals surface area (Å²) in [6.07, 6.45) is -11.5. The second-order valence-corrected chi connectivity index (χ2v) is 7.21. The number of benzene rings is 1. The number of alkyl halides is 7. The number of hydrogen-bond donors (Lipinski definition) is 1. The number of aromatic nitrogens is 1. The number of carbonyl (C=O) groups is 2. The Hall–Kier alpha value is -3.22. The second kappa shape index (κ2) is 8.96. The van der Waals surface area contributed by atoms with E-state index in [1.165, 1.54) is 12.4 Å². The number of halogens is 7. The van der Waals surface area contributed by atoms with E-state index in [1.807, 2.05) is 0 Å². The van der Waals surface area contributed by atoms with Crippen molar-refractivity contribution >= 4 is 17.6 Å². The van der Waals surface area contributed by atoms with Crippen LogP contribution in [0.4, 0.5) is 41.2 Å². The maximum atomic E-state index is 14.9. The fraction of sp³-hybridized carbons (Fsp3) is 0.350. The Balaban J connectivity index is 2.02. The number of pyridine rings is 1. The average molecular weight is 478 g/mol. The number of imide groups is 1. The van der Waals surface area contributed by atoms with Gasteiger partial charge in [-0.2, -0.15) is 13.2 Å². The average Bonchev–Trinajstić information content (AvgIpc) is 2.75. The summed E-state index contributed by atoms with van der Waals surface area (Å²) < 4.78 is 94.5. The number of nitrogens with zero attached hydrogens (tertiary/aromatic N) is 3. The number of hydrogen-bond acceptors (Lipinski definition) is 4. The van der Waals surface area contributed by atoms with Gasteiger partial charge in [-0.15, -0.1) is 0 Å². The number of amides is 3. The largest absolute Gasteiger partial charge is 0.429 e. The van der Waals surface area contributed by atoms with Gasteiger partial charge in [0.25, 0.3) is 12.1 Å². The van der Waals surface area contributed by atoms with Crippen LogP contribution in [0, 0.1) is 0 Å². The van der Waals surface area contributed by atoms with Gasteiger partial charge in [0, 0.05) is 31.4 Å². The van der Waals surface area contributed by atoms with Crippen LogP contribution >= 0.6 is 0 Å². The fourth-order valence-corrected chi connectivity index (χ4v) is 3.39. The van der Waals surface area contributed by atoms with Crippen molar-refractivity contribution in [1.82, 2.24) is 15.4 Å². The van der Waals surface area contributed by atoms with E-state index < -0.39 is 48.5 Å². The Bertz CT molecular complexity index is 1030. The van der Waals surface area contributed by atoms with Crippen molar-refractivity contribution in [2.24, 2.45) is 0 Å². The molecule has 178 valence electrons. The third kappa shape index (κ3) is 4.49. The van der Waals surface area contributed by atoms with Crippen LogP contribution in [0.15, 0.2) is 42.7 Å². The highest BCUT2D eigenvalue weighted by molar-refractivity contribution is 6.14. The molecule has 2 atom stereocenters. The van der Waals surface area contributed by atoms with E-state index >= 15 is 0 Å². The number of rotatable bonds is 6. The first-order valence-corrected chi connectivity index (χ1v) is 9.43. The van der Waals surface area contributed by atoms with E-state index in [0.29, 0.717) is 22.6 Å². The Morgan fingerprint density at radius 1 is 1.18 bits per heavy atom. The molecule has 0 bridgehead atoms. The normalized spacial score (nSPS) is 17.1. The zero-order valence-electron chi connectivity index (χ0n) is 16.9. The van der Waals surface area contributed by atoms with Crippen molar-refractivity contribution in [3.05, 3.63) is 59.4 Å². The van der Waals surface area contributed by atoms with Crippen LogP contribution in [0.25, 0.3) is 0 Å². The summed E-state index contributed by atoms with van der Waals surface area (Å²) in [5, 5.41) is 0.883. The summed E-state index contributed by atoms with van der Waals surface area (Å²) in [7, 11) is 0. The summed E-state index contributed by atoms with van der Waals surface area (Å²) in [4.78, 5) is 29.3. The zero-order chi connectivity index (χ0) is 24.6. The monoisotopic (exact) mass is 478 g/mol. The number of urea groups is 1. The minimum atomic E-state index is -6.00. The predicted octanol–water partition coefficient (Wildman–Crippen LogP) is 4.41. The van der Waals surface area contributed by atoms with Crippen LogP contribution in [0.5, 0.6) is 0 Å².